The Morgan fingerprint density at radius 1 is 1.12 bits per heavy atom. The zero-order valence-corrected chi connectivity index (χ0v) is 20.3. The predicted octanol–water partition coefficient (Wildman–Crippen LogP) is 4.13. The van der Waals surface area contributed by atoms with Crippen molar-refractivity contribution in [2.24, 2.45) is 4.99 Å². The number of H-pyrrole nitrogens is 1. The Hall–Kier alpha value is -3.59. The summed E-state index contributed by atoms with van der Waals surface area (Å²) in [5.41, 5.74) is 2.78. The molecule has 0 radical (unpaired) electrons. The Morgan fingerprint density at radius 3 is 2.44 bits per heavy atom. The van der Waals surface area contributed by atoms with Gasteiger partial charge in [0.2, 0.25) is 5.90 Å². The van der Waals surface area contributed by atoms with Gasteiger partial charge in [-0.15, -0.1) is 0 Å². The first-order valence-electron chi connectivity index (χ1n) is 10.9. The van der Waals surface area contributed by atoms with Crippen molar-refractivity contribution in [3.8, 4) is 22.8 Å². The van der Waals surface area contributed by atoms with Gasteiger partial charge in [-0.05, 0) is 68.4 Å². The highest BCUT2D eigenvalue weighted by Crippen LogP contribution is 2.30. The summed E-state index contributed by atoms with van der Waals surface area (Å²) in [6.07, 6.45) is 1.20. The summed E-state index contributed by atoms with van der Waals surface area (Å²) < 4.78 is 35.2. The molecule has 1 aliphatic heterocycles. The van der Waals surface area contributed by atoms with Crippen LogP contribution >= 0.6 is 0 Å². The van der Waals surface area contributed by atoms with Crippen molar-refractivity contribution in [3.63, 3.8) is 0 Å². The molecule has 34 heavy (non-hydrogen) atoms. The molecule has 0 unspecified atom stereocenters. The summed E-state index contributed by atoms with van der Waals surface area (Å²) in [5, 5.41) is 0. The van der Waals surface area contributed by atoms with Gasteiger partial charge in [0, 0.05) is 36.7 Å². The number of carbonyl (C=O) groups excluding carboxylic acids is 1. The molecule has 2 heterocycles. The first kappa shape index (κ1) is 23.6. The van der Waals surface area contributed by atoms with Crippen LogP contribution in [0.1, 0.15) is 29.9 Å². The predicted molar refractivity (Wildman–Crippen MR) is 130 cm³/mol. The molecule has 1 aliphatic rings. The van der Waals surface area contributed by atoms with Crippen LogP contribution < -0.4 is 4.74 Å². The number of nitrogens with one attached hydrogen (secondary N) is 1. The van der Waals surface area contributed by atoms with E-state index >= 15 is 0 Å². The number of aromatic nitrogens is 1. The molecule has 0 fully saturated rings. The Bertz CT molecular complexity index is 1340. The molecule has 0 saturated carbocycles. The monoisotopic (exact) mass is 481 g/mol. The summed E-state index contributed by atoms with van der Waals surface area (Å²) in [6, 6.07) is 15.3. The fraction of sp³-hybridized carbons (Fsp3) is 0.280. The largest absolute Gasteiger partial charge is 0.471 e. The van der Waals surface area contributed by atoms with E-state index in [2.05, 4.69) is 9.98 Å². The van der Waals surface area contributed by atoms with E-state index in [1.165, 1.54) is 12.1 Å². The van der Waals surface area contributed by atoms with Crippen molar-refractivity contribution in [3.05, 3.63) is 65.9 Å². The molecular weight excluding hydrogens is 454 g/mol. The average Bonchev–Trinajstić information content (AvgIpc) is 3.47. The van der Waals surface area contributed by atoms with Crippen LogP contribution in [0.2, 0.25) is 0 Å². The van der Waals surface area contributed by atoms with E-state index in [0.717, 1.165) is 23.2 Å². The van der Waals surface area contributed by atoms with E-state index in [-0.39, 0.29) is 16.9 Å². The third-order valence-electron chi connectivity index (χ3n) is 5.49. The van der Waals surface area contributed by atoms with E-state index in [1.807, 2.05) is 38.1 Å². The van der Waals surface area contributed by atoms with Gasteiger partial charge in [0.15, 0.2) is 9.84 Å². The van der Waals surface area contributed by atoms with E-state index < -0.39 is 9.84 Å². The topological polar surface area (TPSA) is 101 Å². The van der Waals surface area contributed by atoms with Crippen LogP contribution in [-0.2, 0) is 14.6 Å². The molecule has 1 aromatic heterocycles. The number of carbonyl (C=O) groups is 1. The normalized spacial score (nSPS) is 15.5. The smallest absolute Gasteiger partial charge is 0.253 e. The maximum Gasteiger partial charge on any atom is 0.253 e. The van der Waals surface area contributed by atoms with Crippen LogP contribution in [0.4, 0.5) is 0 Å². The van der Waals surface area contributed by atoms with Gasteiger partial charge in [0.05, 0.1) is 11.4 Å². The molecule has 1 atom stereocenters. The number of benzene rings is 2. The summed E-state index contributed by atoms with van der Waals surface area (Å²) in [5.74, 6) is 1.35. The second-order valence-corrected chi connectivity index (χ2v) is 10.3. The lowest BCUT2D eigenvalue weighted by Crippen LogP contribution is -2.26. The number of rotatable bonds is 7. The Kier molecular flexibility index (Phi) is 6.47. The van der Waals surface area contributed by atoms with E-state index in [9.17, 15) is 13.2 Å². The van der Waals surface area contributed by atoms with Gasteiger partial charge < -0.3 is 19.4 Å². The molecule has 0 saturated heterocycles. The van der Waals surface area contributed by atoms with E-state index in [1.54, 1.807) is 30.1 Å². The van der Waals surface area contributed by atoms with E-state index in [0.29, 0.717) is 36.0 Å². The minimum Gasteiger partial charge on any atom is -0.471 e. The number of aromatic amines is 1. The van der Waals surface area contributed by atoms with Gasteiger partial charge in [0.25, 0.3) is 5.91 Å². The standard InChI is InChI=1S/C25H27N3O5S/c1-5-28(3)25(29)18-12-17(22-10-11-23(27-22)24-26-15-16(2)32-24)13-20(14-18)33-19-6-8-21(9-7-19)34(4,30)31/h6-14,16,27H,5,15H2,1-4H3/t16-/m0/s1. The highest BCUT2D eigenvalue weighted by molar-refractivity contribution is 7.90. The molecule has 9 heteroatoms. The molecule has 3 aromatic rings. The van der Waals surface area contributed by atoms with Crippen molar-refractivity contribution < 1.29 is 22.7 Å². The molecule has 4 rings (SSSR count). The average molecular weight is 482 g/mol. The molecule has 1 amide bonds. The first-order chi connectivity index (χ1) is 16.1. The molecule has 0 aliphatic carbocycles. The summed E-state index contributed by atoms with van der Waals surface area (Å²) in [6.45, 7) is 5.05. The van der Waals surface area contributed by atoms with Crippen LogP contribution in [0.5, 0.6) is 11.5 Å². The minimum atomic E-state index is -3.30. The maximum absolute atomic E-state index is 12.9. The Labute approximate surface area is 199 Å². The highest BCUT2D eigenvalue weighted by atomic mass is 32.2. The number of hydrogen-bond donors (Lipinski definition) is 1. The van der Waals surface area contributed by atoms with Crippen LogP contribution in [0.3, 0.4) is 0 Å². The number of amides is 1. The zero-order valence-electron chi connectivity index (χ0n) is 19.5. The van der Waals surface area contributed by atoms with Crippen LogP contribution in [0.15, 0.2) is 64.5 Å². The zero-order chi connectivity index (χ0) is 24.5. The molecule has 1 N–H and O–H groups in total. The molecule has 0 bridgehead atoms. The van der Waals surface area contributed by atoms with Crippen molar-refractivity contribution in [1.29, 1.82) is 0 Å². The van der Waals surface area contributed by atoms with Gasteiger partial charge in [0.1, 0.15) is 23.3 Å². The number of sulfone groups is 1. The SMILES string of the molecule is CCN(C)C(=O)c1cc(Oc2ccc(S(C)(=O)=O)cc2)cc(-c2ccc(C3=NC[C@H](C)O3)[nH]2)c1. The second-order valence-electron chi connectivity index (χ2n) is 8.27. The quantitative estimate of drug-likeness (QED) is 0.547. The van der Waals surface area contributed by atoms with Crippen molar-refractivity contribution in [1.82, 2.24) is 9.88 Å². The minimum absolute atomic E-state index is 0.0429. The first-order valence-corrected chi connectivity index (χ1v) is 12.8. The third-order valence-corrected chi connectivity index (χ3v) is 6.62. The van der Waals surface area contributed by atoms with Crippen LogP contribution in [-0.4, -0.2) is 62.6 Å². The van der Waals surface area contributed by atoms with Gasteiger partial charge in [-0.2, -0.15) is 0 Å². The van der Waals surface area contributed by atoms with Gasteiger partial charge in [-0.1, -0.05) is 0 Å². The summed E-state index contributed by atoms with van der Waals surface area (Å²) in [7, 11) is -1.56. The van der Waals surface area contributed by atoms with Crippen molar-refractivity contribution in [2.75, 3.05) is 26.4 Å². The fourth-order valence-corrected chi connectivity index (χ4v) is 4.14. The molecule has 2 aromatic carbocycles. The Morgan fingerprint density at radius 2 is 1.82 bits per heavy atom. The Balaban J connectivity index is 1.69. The molecule has 0 spiro atoms. The van der Waals surface area contributed by atoms with Crippen molar-refractivity contribution in [2.45, 2.75) is 24.8 Å². The number of nitrogens with zero attached hydrogens (tertiary/aromatic N) is 2. The lowest BCUT2D eigenvalue weighted by molar-refractivity contribution is 0.0802. The van der Waals surface area contributed by atoms with Crippen LogP contribution in [0, 0.1) is 0 Å². The molecule has 178 valence electrons. The third kappa shape index (κ3) is 5.14. The van der Waals surface area contributed by atoms with Gasteiger partial charge in [-0.25, -0.2) is 13.4 Å². The molecule has 8 nitrogen and oxygen atoms in total. The number of aliphatic imine (C=N–C) groups is 1. The van der Waals surface area contributed by atoms with Gasteiger partial charge >= 0.3 is 0 Å². The molecular formula is C25H27N3O5S. The lowest BCUT2D eigenvalue weighted by Gasteiger charge is -2.16. The maximum atomic E-state index is 12.9. The van der Waals surface area contributed by atoms with E-state index in [4.69, 9.17) is 9.47 Å². The van der Waals surface area contributed by atoms with Gasteiger partial charge in [-0.3, -0.25) is 4.79 Å². The van der Waals surface area contributed by atoms with Crippen molar-refractivity contribution >= 4 is 21.6 Å². The highest BCUT2D eigenvalue weighted by Gasteiger charge is 2.20. The fourth-order valence-electron chi connectivity index (χ4n) is 3.51. The van der Waals surface area contributed by atoms with Crippen LogP contribution in [0.25, 0.3) is 11.3 Å². The summed E-state index contributed by atoms with van der Waals surface area (Å²) in [4.78, 5) is 22.5. The number of hydrogen-bond acceptors (Lipinski definition) is 6. The number of ether oxygens (including phenoxy) is 2. The summed E-state index contributed by atoms with van der Waals surface area (Å²) >= 11 is 0. The lowest BCUT2D eigenvalue weighted by atomic mass is 10.1. The second kappa shape index (κ2) is 9.34.